The van der Waals surface area contributed by atoms with Gasteiger partial charge in [0.1, 0.15) is 0 Å². The molecule has 0 unspecified atom stereocenters. The Hall–Kier alpha value is -1.15. The third-order valence-corrected chi connectivity index (χ3v) is 2.04. The molecule has 70 valence electrons. The lowest BCUT2D eigenvalue weighted by atomic mass is 9.94. The van der Waals surface area contributed by atoms with Crippen molar-refractivity contribution < 1.29 is 4.79 Å². The Morgan fingerprint density at radius 1 is 1.23 bits per heavy atom. The molecular weight excluding hydrogens is 162 g/mol. The Balaban J connectivity index is 3.01. The van der Waals surface area contributed by atoms with Crippen molar-refractivity contribution in [2.45, 2.75) is 26.3 Å². The van der Waals surface area contributed by atoms with E-state index in [-0.39, 0.29) is 11.3 Å². The van der Waals surface area contributed by atoms with Crippen molar-refractivity contribution in [1.82, 2.24) is 0 Å². The molecule has 0 amide bonds. The van der Waals surface area contributed by atoms with Crippen LogP contribution in [-0.4, -0.2) is 5.78 Å². The van der Waals surface area contributed by atoms with Crippen molar-refractivity contribution >= 4 is 5.78 Å². The number of ketones is 1. The summed E-state index contributed by atoms with van der Waals surface area (Å²) in [6.07, 6.45) is 0. The highest BCUT2D eigenvalue weighted by atomic mass is 16.1. The van der Waals surface area contributed by atoms with Crippen molar-refractivity contribution in [2.75, 3.05) is 0 Å². The Labute approximate surface area is 78.8 Å². The van der Waals surface area contributed by atoms with E-state index in [0.29, 0.717) is 0 Å². The number of carbonyl (C=O) groups is 1. The molecule has 2 nitrogen and oxygen atoms in total. The molecule has 0 aliphatic rings. The summed E-state index contributed by atoms with van der Waals surface area (Å²) in [5, 5.41) is 0. The number of hydrogen-bond donors (Lipinski definition) is 1. The first-order valence-electron chi connectivity index (χ1n) is 4.31. The largest absolute Gasteiger partial charge is 0.322 e. The van der Waals surface area contributed by atoms with Crippen LogP contribution in [0, 0.1) is 0 Å². The molecule has 1 aromatic rings. The third kappa shape index (κ3) is 2.39. The van der Waals surface area contributed by atoms with E-state index in [1.54, 1.807) is 6.92 Å². The van der Waals surface area contributed by atoms with Gasteiger partial charge in [0.25, 0.3) is 0 Å². The molecule has 0 aliphatic heterocycles. The van der Waals surface area contributed by atoms with Gasteiger partial charge in [-0.25, -0.2) is 0 Å². The topological polar surface area (TPSA) is 43.1 Å². The number of carbonyl (C=O) groups excluding carboxylic acids is 1. The summed E-state index contributed by atoms with van der Waals surface area (Å²) in [4.78, 5) is 11.0. The minimum atomic E-state index is -0.338. The van der Waals surface area contributed by atoms with Gasteiger partial charge in [-0.1, -0.05) is 24.3 Å². The fourth-order valence-electron chi connectivity index (χ4n) is 1.13. The van der Waals surface area contributed by atoms with E-state index >= 15 is 0 Å². The van der Waals surface area contributed by atoms with Crippen molar-refractivity contribution in [1.29, 1.82) is 0 Å². The molecule has 2 N–H and O–H groups in total. The maximum absolute atomic E-state index is 11.0. The molecule has 0 aromatic heterocycles. The van der Waals surface area contributed by atoms with Gasteiger partial charge in [-0.05, 0) is 26.3 Å². The Kier molecular flexibility index (Phi) is 2.52. The molecule has 0 heterocycles. The summed E-state index contributed by atoms with van der Waals surface area (Å²) in [5.74, 6) is 0.0846. The fraction of sp³-hybridized carbons (Fsp3) is 0.364. The molecule has 0 saturated heterocycles. The molecule has 2 heteroatoms. The van der Waals surface area contributed by atoms with Crippen LogP contribution in [-0.2, 0) is 5.54 Å². The zero-order valence-corrected chi connectivity index (χ0v) is 8.29. The maximum Gasteiger partial charge on any atom is 0.159 e. The van der Waals surface area contributed by atoms with Crippen LogP contribution < -0.4 is 5.73 Å². The van der Waals surface area contributed by atoms with E-state index in [1.807, 2.05) is 38.1 Å². The van der Waals surface area contributed by atoms with Gasteiger partial charge in [0.2, 0.25) is 0 Å². The number of nitrogens with two attached hydrogens (primary N) is 1. The molecule has 0 atom stereocenters. The summed E-state index contributed by atoms with van der Waals surface area (Å²) in [6.45, 7) is 5.44. The molecule has 0 aliphatic carbocycles. The monoisotopic (exact) mass is 177 g/mol. The number of Topliss-reactive ketones (excluding diaryl/α,β-unsaturated/α-hetero) is 1. The van der Waals surface area contributed by atoms with Gasteiger partial charge in [0.15, 0.2) is 5.78 Å². The van der Waals surface area contributed by atoms with Gasteiger partial charge in [-0.3, -0.25) is 4.79 Å². The lowest BCUT2D eigenvalue weighted by Gasteiger charge is -2.18. The molecular formula is C11H15NO. The molecule has 1 aromatic carbocycles. The number of benzene rings is 1. The molecule has 0 saturated carbocycles. The summed E-state index contributed by atoms with van der Waals surface area (Å²) < 4.78 is 0. The average Bonchev–Trinajstić information content (AvgIpc) is 2.03. The standard InChI is InChI=1S/C11H15NO/c1-8(13)9-4-6-10(7-5-9)11(2,3)12/h4-7H,12H2,1-3H3. The summed E-state index contributed by atoms with van der Waals surface area (Å²) in [5.41, 5.74) is 7.33. The van der Waals surface area contributed by atoms with Gasteiger partial charge < -0.3 is 5.73 Å². The highest BCUT2D eigenvalue weighted by Crippen LogP contribution is 2.17. The van der Waals surface area contributed by atoms with Gasteiger partial charge >= 0.3 is 0 Å². The van der Waals surface area contributed by atoms with Crippen LogP contribution in [0.15, 0.2) is 24.3 Å². The second-order valence-corrected chi connectivity index (χ2v) is 3.86. The summed E-state index contributed by atoms with van der Waals surface area (Å²) in [6, 6.07) is 7.42. The van der Waals surface area contributed by atoms with E-state index in [0.717, 1.165) is 11.1 Å². The first kappa shape index (κ1) is 9.93. The second kappa shape index (κ2) is 3.30. The van der Waals surface area contributed by atoms with Gasteiger partial charge in [0.05, 0.1) is 0 Å². The molecule has 1 rings (SSSR count). The zero-order valence-electron chi connectivity index (χ0n) is 8.29. The first-order valence-corrected chi connectivity index (χ1v) is 4.31. The van der Waals surface area contributed by atoms with Crippen LogP contribution in [0.3, 0.4) is 0 Å². The zero-order chi connectivity index (χ0) is 10.1. The van der Waals surface area contributed by atoms with Crippen LogP contribution in [0.2, 0.25) is 0 Å². The number of rotatable bonds is 2. The number of hydrogen-bond acceptors (Lipinski definition) is 2. The van der Waals surface area contributed by atoms with Crippen molar-refractivity contribution in [3.05, 3.63) is 35.4 Å². The van der Waals surface area contributed by atoms with Crippen LogP contribution in [0.1, 0.15) is 36.7 Å². The highest BCUT2D eigenvalue weighted by Gasteiger charge is 2.13. The highest BCUT2D eigenvalue weighted by molar-refractivity contribution is 5.94. The minimum Gasteiger partial charge on any atom is -0.322 e. The molecule has 0 radical (unpaired) electrons. The van der Waals surface area contributed by atoms with E-state index < -0.39 is 0 Å². The predicted molar refractivity (Wildman–Crippen MR) is 53.7 cm³/mol. The normalized spacial score (nSPS) is 11.4. The second-order valence-electron chi connectivity index (χ2n) is 3.86. The van der Waals surface area contributed by atoms with E-state index in [4.69, 9.17) is 5.73 Å². The lowest BCUT2D eigenvalue weighted by Crippen LogP contribution is -2.28. The lowest BCUT2D eigenvalue weighted by molar-refractivity contribution is 0.101. The Morgan fingerprint density at radius 2 is 1.69 bits per heavy atom. The van der Waals surface area contributed by atoms with Crippen LogP contribution in [0.4, 0.5) is 0 Å². The third-order valence-electron chi connectivity index (χ3n) is 2.04. The SMILES string of the molecule is CC(=O)c1ccc(C(C)(C)N)cc1. The molecule has 13 heavy (non-hydrogen) atoms. The van der Waals surface area contributed by atoms with Gasteiger partial charge in [-0.2, -0.15) is 0 Å². The molecule has 0 bridgehead atoms. The predicted octanol–water partition coefficient (Wildman–Crippen LogP) is 2.08. The Morgan fingerprint density at radius 3 is 2.00 bits per heavy atom. The first-order chi connectivity index (χ1) is 5.91. The Bertz CT molecular complexity index is 306. The average molecular weight is 177 g/mol. The van der Waals surface area contributed by atoms with Crippen LogP contribution >= 0.6 is 0 Å². The minimum absolute atomic E-state index is 0.0846. The fourth-order valence-corrected chi connectivity index (χ4v) is 1.13. The summed E-state index contributed by atoms with van der Waals surface area (Å²) >= 11 is 0. The van der Waals surface area contributed by atoms with Gasteiger partial charge in [0, 0.05) is 11.1 Å². The van der Waals surface area contributed by atoms with Crippen LogP contribution in [0.5, 0.6) is 0 Å². The van der Waals surface area contributed by atoms with Crippen molar-refractivity contribution in [3.8, 4) is 0 Å². The molecule has 0 fully saturated rings. The quantitative estimate of drug-likeness (QED) is 0.703. The molecule has 0 spiro atoms. The smallest absolute Gasteiger partial charge is 0.159 e. The van der Waals surface area contributed by atoms with Crippen molar-refractivity contribution in [2.24, 2.45) is 5.73 Å². The van der Waals surface area contributed by atoms with E-state index in [2.05, 4.69) is 0 Å². The van der Waals surface area contributed by atoms with Gasteiger partial charge in [-0.15, -0.1) is 0 Å². The summed E-state index contributed by atoms with van der Waals surface area (Å²) in [7, 11) is 0. The van der Waals surface area contributed by atoms with E-state index in [1.165, 1.54) is 0 Å². The maximum atomic E-state index is 11.0. The van der Waals surface area contributed by atoms with Crippen LogP contribution in [0.25, 0.3) is 0 Å². The van der Waals surface area contributed by atoms with E-state index in [9.17, 15) is 4.79 Å². The van der Waals surface area contributed by atoms with Crippen molar-refractivity contribution in [3.63, 3.8) is 0 Å².